The molecule has 1 heterocycles. The van der Waals surface area contributed by atoms with Crippen LogP contribution in [0.5, 0.6) is 11.5 Å². The highest BCUT2D eigenvalue weighted by Crippen LogP contribution is 2.33. The molecule has 0 fully saturated rings. The summed E-state index contributed by atoms with van der Waals surface area (Å²) in [5.74, 6) is -1.38. The Morgan fingerprint density at radius 3 is 1.78 bits per heavy atom. The largest absolute Gasteiger partial charge is 0.497 e. The maximum absolute atomic E-state index is 14.5. The lowest BCUT2D eigenvalue weighted by atomic mass is 10.1. The highest BCUT2D eigenvalue weighted by atomic mass is 35.5. The third-order valence-electron chi connectivity index (χ3n) is 4.92. The van der Waals surface area contributed by atoms with Crippen LogP contribution in [0.3, 0.4) is 0 Å². The van der Waals surface area contributed by atoms with Crippen LogP contribution in [0.4, 0.5) is 14.6 Å². The zero-order chi connectivity index (χ0) is 23.1. The first-order chi connectivity index (χ1) is 15.3. The van der Waals surface area contributed by atoms with E-state index < -0.39 is 12.5 Å². The minimum Gasteiger partial charge on any atom is -0.497 e. The molecule has 0 saturated heterocycles. The molecule has 170 valence electrons. The van der Waals surface area contributed by atoms with E-state index in [1.54, 1.807) is 14.2 Å². The fraction of sp³-hybridized carbons (Fsp3) is 0.292. The average Bonchev–Trinajstić information content (AvgIpc) is 2.79. The Morgan fingerprint density at radius 2 is 1.34 bits per heavy atom. The second-order valence-electron chi connectivity index (χ2n) is 7.23. The lowest BCUT2D eigenvalue weighted by molar-refractivity contribution is -0.0698. The summed E-state index contributed by atoms with van der Waals surface area (Å²) in [7, 11) is 4.43. The minimum absolute atomic E-state index is 0.0114. The number of benzene rings is 2. The van der Waals surface area contributed by atoms with Gasteiger partial charge in [0.25, 0.3) is 5.92 Å². The summed E-state index contributed by atoms with van der Waals surface area (Å²) in [6.45, 7) is 0.112. The van der Waals surface area contributed by atoms with E-state index in [1.165, 1.54) is 19.2 Å². The lowest BCUT2D eigenvalue weighted by Gasteiger charge is -2.26. The highest BCUT2D eigenvalue weighted by Gasteiger charge is 2.33. The molecule has 0 spiro atoms. The van der Waals surface area contributed by atoms with Gasteiger partial charge in [0.1, 0.15) is 29.1 Å². The highest BCUT2D eigenvalue weighted by molar-refractivity contribution is 6.29. The van der Waals surface area contributed by atoms with Gasteiger partial charge in [0.05, 0.1) is 14.2 Å². The summed E-state index contributed by atoms with van der Waals surface area (Å²) in [6, 6.07) is 17.6. The fourth-order valence-corrected chi connectivity index (χ4v) is 3.45. The van der Waals surface area contributed by atoms with Gasteiger partial charge in [0.15, 0.2) is 0 Å². The molecule has 5 nitrogen and oxygen atoms in total. The molecule has 0 aliphatic carbocycles. The molecule has 3 rings (SSSR count). The van der Waals surface area contributed by atoms with Crippen molar-refractivity contribution in [2.75, 3.05) is 32.8 Å². The molecule has 0 atom stereocenters. The summed E-state index contributed by atoms with van der Waals surface area (Å²) < 4.78 is 44.2. The molecule has 0 saturated carbocycles. The Hall–Kier alpha value is -2.90. The topological polar surface area (TPSA) is 43.8 Å². The first-order valence-corrected chi connectivity index (χ1v) is 10.3. The van der Waals surface area contributed by atoms with Gasteiger partial charge in [-0.3, -0.25) is 0 Å². The van der Waals surface area contributed by atoms with Crippen LogP contribution in [0.1, 0.15) is 16.7 Å². The van der Waals surface area contributed by atoms with Gasteiger partial charge in [-0.05, 0) is 47.5 Å². The van der Waals surface area contributed by atoms with E-state index in [4.69, 9.17) is 21.1 Å². The lowest BCUT2D eigenvalue weighted by Crippen LogP contribution is -2.25. The van der Waals surface area contributed by atoms with Crippen LogP contribution in [-0.2, 0) is 23.7 Å². The molecule has 0 N–H and O–H groups in total. The van der Waals surface area contributed by atoms with Gasteiger partial charge in [-0.2, -0.15) is 8.78 Å². The predicted octanol–water partition coefficient (Wildman–Crippen LogP) is 5.70. The standard InChI is InChI=1S/C24H25ClF2N2O3/c1-30-16-24(26,27)19-12-22(25)28-23(13-19)29(14-17-4-8-20(31-2)9-5-17)15-18-6-10-21(32-3)11-7-18/h4-13H,14-16H2,1-3H3. The van der Waals surface area contributed by atoms with Crippen molar-refractivity contribution in [2.45, 2.75) is 19.0 Å². The van der Waals surface area contributed by atoms with Crippen molar-refractivity contribution in [2.24, 2.45) is 0 Å². The van der Waals surface area contributed by atoms with Crippen LogP contribution in [-0.4, -0.2) is 32.9 Å². The SMILES string of the molecule is COCC(F)(F)c1cc(Cl)nc(N(Cc2ccc(OC)cc2)Cc2ccc(OC)cc2)c1. The van der Waals surface area contributed by atoms with Crippen molar-refractivity contribution in [3.8, 4) is 11.5 Å². The summed E-state index contributed by atoms with van der Waals surface area (Å²) in [6.07, 6.45) is 0. The molecule has 8 heteroatoms. The molecule has 32 heavy (non-hydrogen) atoms. The Kier molecular flexibility index (Phi) is 7.88. The normalized spacial score (nSPS) is 11.3. The van der Waals surface area contributed by atoms with Gasteiger partial charge in [-0.25, -0.2) is 4.98 Å². The fourth-order valence-electron chi connectivity index (χ4n) is 3.24. The quantitative estimate of drug-likeness (QED) is 0.362. The first-order valence-electron chi connectivity index (χ1n) is 9.90. The Morgan fingerprint density at radius 1 is 0.844 bits per heavy atom. The van der Waals surface area contributed by atoms with Gasteiger partial charge in [0.2, 0.25) is 0 Å². The van der Waals surface area contributed by atoms with Crippen molar-refractivity contribution in [1.82, 2.24) is 4.98 Å². The number of hydrogen-bond acceptors (Lipinski definition) is 5. The summed E-state index contributed by atoms with van der Waals surface area (Å²) in [4.78, 5) is 6.23. The predicted molar refractivity (Wildman–Crippen MR) is 121 cm³/mol. The van der Waals surface area contributed by atoms with Crippen LogP contribution in [0.2, 0.25) is 5.15 Å². The van der Waals surface area contributed by atoms with E-state index in [1.807, 2.05) is 53.4 Å². The number of aromatic nitrogens is 1. The monoisotopic (exact) mass is 462 g/mol. The van der Waals surface area contributed by atoms with E-state index in [2.05, 4.69) is 9.72 Å². The number of halogens is 3. The van der Waals surface area contributed by atoms with Crippen molar-refractivity contribution < 1.29 is 23.0 Å². The third-order valence-corrected chi connectivity index (χ3v) is 5.11. The van der Waals surface area contributed by atoms with Crippen LogP contribution in [0.15, 0.2) is 60.7 Å². The van der Waals surface area contributed by atoms with E-state index in [0.717, 1.165) is 22.6 Å². The van der Waals surface area contributed by atoms with Crippen molar-refractivity contribution in [3.63, 3.8) is 0 Å². The van der Waals surface area contributed by atoms with Gasteiger partial charge in [-0.1, -0.05) is 35.9 Å². The van der Waals surface area contributed by atoms with E-state index in [9.17, 15) is 8.78 Å². The Balaban J connectivity index is 1.97. The van der Waals surface area contributed by atoms with Crippen molar-refractivity contribution >= 4 is 17.4 Å². The maximum Gasteiger partial charge on any atom is 0.296 e. The second-order valence-corrected chi connectivity index (χ2v) is 7.61. The maximum atomic E-state index is 14.5. The van der Waals surface area contributed by atoms with Crippen LogP contribution >= 0.6 is 11.6 Å². The third kappa shape index (κ3) is 6.08. The van der Waals surface area contributed by atoms with Gasteiger partial charge in [-0.15, -0.1) is 0 Å². The van der Waals surface area contributed by atoms with E-state index in [-0.39, 0.29) is 10.7 Å². The number of alkyl halides is 2. The Bertz CT molecular complexity index is 965. The zero-order valence-corrected chi connectivity index (χ0v) is 18.9. The number of rotatable bonds is 10. The number of anilines is 1. The molecule has 0 radical (unpaired) electrons. The van der Waals surface area contributed by atoms with Gasteiger partial charge < -0.3 is 19.1 Å². The number of nitrogens with zero attached hydrogens (tertiary/aromatic N) is 2. The van der Waals surface area contributed by atoms with Crippen molar-refractivity contribution in [1.29, 1.82) is 0 Å². The Labute approximate surface area is 191 Å². The summed E-state index contributed by atoms with van der Waals surface area (Å²) in [5, 5.41) is -0.0114. The van der Waals surface area contributed by atoms with Crippen molar-refractivity contribution in [3.05, 3.63) is 82.5 Å². The molecule has 1 aromatic heterocycles. The number of pyridine rings is 1. The van der Waals surface area contributed by atoms with Gasteiger partial charge in [0, 0.05) is 25.8 Å². The van der Waals surface area contributed by atoms with Crippen LogP contribution in [0.25, 0.3) is 0 Å². The molecule has 0 aliphatic heterocycles. The first kappa shape index (κ1) is 23.8. The van der Waals surface area contributed by atoms with E-state index in [0.29, 0.717) is 18.9 Å². The molecule has 2 aromatic carbocycles. The minimum atomic E-state index is -3.19. The van der Waals surface area contributed by atoms with Gasteiger partial charge >= 0.3 is 0 Å². The molecule has 0 aliphatic rings. The number of ether oxygens (including phenoxy) is 3. The molecular formula is C24H25ClF2N2O3. The molecule has 0 unspecified atom stereocenters. The smallest absolute Gasteiger partial charge is 0.296 e. The molecule has 3 aromatic rings. The van der Waals surface area contributed by atoms with Crippen LogP contribution < -0.4 is 14.4 Å². The average molecular weight is 463 g/mol. The zero-order valence-electron chi connectivity index (χ0n) is 18.1. The molecule has 0 bridgehead atoms. The molecular weight excluding hydrogens is 438 g/mol. The summed E-state index contributed by atoms with van der Waals surface area (Å²) >= 11 is 6.14. The molecule has 0 amide bonds. The second kappa shape index (κ2) is 10.6. The number of hydrogen-bond donors (Lipinski definition) is 0. The summed E-state index contributed by atoms with van der Waals surface area (Å²) in [5.41, 5.74) is 1.68. The number of methoxy groups -OCH3 is 3. The van der Waals surface area contributed by atoms with Crippen LogP contribution in [0, 0.1) is 0 Å². The van der Waals surface area contributed by atoms with E-state index >= 15 is 0 Å².